The van der Waals surface area contributed by atoms with Crippen molar-refractivity contribution in [1.82, 2.24) is 20.9 Å². The Kier molecular flexibility index (Phi) is 13.1. The van der Waals surface area contributed by atoms with Crippen molar-refractivity contribution in [3.63, 3.8) is 0 Å². The van der Waals surface area contributed by atoms with Gasteiger partial charge in [-0.3, -0.25) is 0 Å². The van der Waals surface area contributed by atoms with Crippen molar-refractivity contribution in [2.75, 3.05) is 18.8 Å². The van der Waals surface area contributed by atoms with Gasteiger partial charge in [-0.2, -0.15) is 0 Å². The van der Waals surface area contributed by atoms with Gasteiger partial charge >= 0.3 is 6.03 Å². The summed E-state index contributed by atoms with van der Waals surface area (Å²) in [4.78, 5) is 15.2. The van der Waals surface area contributed by atoms with E-state index in [2.05, 4.69) is 88.4 Å². The Morgan fingerprint density at radius 2 is 1.32 bits per heavy atom. The van der Waals surface area contributed by atoms with Gasteiger partial charge in [-0.05, 0) is 49.0 Å². The molecule has 0 saturated heterocycles. The summed E-state index contributed by atoms with van der Waals surface area (Å²) < 4.78 is 0. The third-order valence-corrected chi connectivity index (χ3v) is 9.13. The van der Waals surface area contributed by atoms with Gasteiger partial charge in [-0.25, -0.2) is 4.79 Å². The van der Waals surface area contributed by atoms with Gasteiger partial charge in [0.25, 0.3) is 0 Å². The van der Waals surface area contributed by atoms with Gasteiger partial charge in [0.1, 0.15) is 5.50 Å². The summed E-state index contributed by atoms with van der Waals surface area (Å²) in [5.41, 5.74) is 4.91. The molecule has 1 aliphatic heterocycles. The van der Waals surface area contributed by atoms with Crippen LogP contribution in [0.3, 0.4) is 0 Å². The summed E-state index contributed by atoms with van der Waals surface area (Å²) >= 11 is 1.93. The zero-order valence-corrected chi connectivity index (χ0v) is 25.3. The summed E-state index contributed by atoms with van der Waals surface area (Å²) in [6.45, 7) is 4.01. The largest absolute Gasteiger partial charge is 0.355 e. The quantitative estimate of drug-likeness (QED) is 0.181. The Labute approximate surface area is 247 Å². The first-order chi connectivity index (χ1) is 19.7. The summed E-state index contributed by atoms with van der Waals surface area (Å²) in [5, 5.41) is 10.8. The van der Waals surface area contributed by atoms with Crippen LogP contribution in [0.4, 0.5) is 4.79 Å². The molecular formula is C34H50N4OS. The minimum Gasteiger partial charge on any atom is -0.355 e. The van der Waals surface area contributed by atoms with E-state index in [0.29, 0.717) is 6.04 Å². The van der Waals surface area contributed by atoms with Gasteiger partial charge in [0.05, 0.1) is 11.4 Å². The number of benzene rings is 2. The summed E-state index contributed by atoms with van der Waals surface area (Å²) in [7, 11) is 0. The molecule has 0 radical (unpaired) electrons. The highest BCUT2D eigenvalue weighted by Crippen LogP contribution is 2.30. The molecule has 0 aromatic heterocycles. The maximum absolute atomic E-state index is 13.1. The number of rotatable bonds is 16. The Morgan fingerprint density at radius 3 is 1.90 bits per heavy atom. The predicted octanol–water partition coefficient (Wildman–Crippen LogP) is 8.21. The molecule has 2 amide bonds. The van der Waals surface area contributed by atoms with E-state index in [9.17, 15) is 4.79 Å². The van der Waals surface area contributed by atoms with Crippen LogP contribution in [-0.2, 0) is 0 Å². The Bertz CT molecular complexity index is 971. The van der Waals surface area contributed by atoms with Gasteiger partial charge < -0.3 is 20.9 Å². The summed E-state index contributed by atoms with van der Waals surface area (Å²) in [5.74, 6) is 1.08. The SMILES string of the molecule is CCCCCCCN(CCCCCSC1NC(c2ccccc2)=C(c2ccccc2)N1)C(=O)NC1CCCCC1. The van der Waals surface area contributed by atoms with Gasteiger partial charge in [0.2, 0.25) is 0 Å². The number of amides is 2. The number of urea groups is 1. The van der Waals surface area contributed by atoms with Crippen molar-refractivity contribution in [2.45, 2.75) is 102 Å². The molecule has 1 aliphatic carbocycles. The molecule has 4 rings (SSSR count). The minimum absolute atomic E-state index is 0.159. The average Bonchev–Trinajstić information content (AvgIpc) is 3.43. The van der Waals surface area contributed by atoms with Crippen LogP contribution < -0.4 is 16.0 Å². The van der Waals surface area contributed by atoms with Crippen molar-refractivity contribution in [2.24, 2.45) is 0 Å². The molecule has 2 aromatic rings. The Morgan fingerprint density at radius 1 is 0.775 bits per heavy atom. The lowest BCUT2D eigenvalue weighted by Gasteiger charge is -2.28. The molecule has 218 valence electrons. The number of carbonyl (C=O) groups excluding carboxylic acids is 1. The van der Waals surface area contributed by atoms with Crippen LogP contribution in [0.1, 0.15) is 102 Å². The molecule has 2 aromatic carbocycles. The first kappa shape index (κ1) is 30.4. The lowest BCUT2D eigenvalue weighted by atomic mass is 9.96. The van der Waals surface area contributed by atoms with E-state index in [4.69, 9.17) is 0 Å². The molecule has 0 spiro atoms. The fourth-order valence-corrected chi connectivity index (χ4v) is 6.72. The van der Waals surface area contributed by atoms with Crippen molar-refractivity contribution >= 4 is 29.2 Å². The summed E-state index contributed by atoms with van der Waals surface area (Å²) in [6.07, 6.45) is 15.6. The van der Waals surface area contributed by atoms with E-state index < -0.39 is 0 Å². The third kappa shape index (κ3) is 9.79. The Balaban J connectivity index is 1.20. The van der Waals surface area contributed by atoms with Crippen molar-refractivity contribution < 1.29 is 4.79 Å². The van der Waals surface area contributed by atoms with Gasteiger partial charge in [0, 0.05) is 19.1 Å². The summed E-state index contributed by atoms with van der Waals surface area (Å²) in [6, 6.07) is 21.7. The molecule has 2 aliphatic rings. The second-order valence-electron chi connectivity index (χ2n) is 11.3. The lowest BCUT2D eigenvalue weighted by molar-refractivity contribution is 0.187. The highest BCUT2D eigenvalue weighted by atomic mass is 32.2. The first-order valence-electron chi connectivity index (χ1n) is 15.8. The number of hydrogen-bond acceptors (Lipinski definition) is 4. The minimum atomic E-state index is 0.159. The number of nitrogens with one attached hydrogen (secondary N) is 3. The number of thioether (sulfide) groups is 1. The molecule has 6 heteroatoms. The molecule has 1 saturated carbocycles. The molecular weight excluding hydrogens is 512 g/mol. The number of nitrogens with zero attached hydrogens (tertiary/aromatic N) is 1. The molecule has 3 N–H and O–H groups in total. The van der Waals surface area contributed by atoms with E-state index in [0.717, 1.165) is 57.4 Å². The van der Waals surface area contributed by atoms with Gasteiger partial charge in [-0.1, -0.05) is 119 Å². The van der Waals surface area contributed by atoms with Crippen LogP contribution >= 0.6 is 11.8 Å². The van der Waals surface area contributed by atoms with E-state index >= 15 is 0 Å². The second-order valence-corrected chi connectivity index (χ2v) is 12.5. The zero-order valence-electron chi connectivity index (χ0n) is 24.5. The zero-order chi connectivity index (χ0) is 27.8. The Hall–Kier alpha value is -2.60. The first-order valence-corrected chi connectivity index (χ1v) is 16.8. The number of unbranched alkanes of at least 4 members (excludes halogenated alkanes) is 6. The fraction of sp³-hybridized carbons (Fsp3) is 0.559. The van der Waals surface area contributed by atoms with E-state index in [1.807, 2.05) is 11.8 Å². The van der Waals surface area contributed by atoms with E-state index in [1.54, 1.807) is 0 Å². The standard InChI is InChI=1S/C34H50N4OS/c1-2-3-4-5-16-25-38(34(39)35-30-23-14-8-15-24-30)26-17-9-18-27-40-33-36-31(28-19-10-6-11-20-28)32(37-33)29-21-12-7-13-22-29/h6-7,10-13,19-22,30,33,36-37H,2-5,8-9,14-18,23-27H2,1H3,(H,35,39). The number of hydrogen-bond donors (Lipinski definition) is 3. The van der Waals surface area contributed by atoms with Crippen LogP contribution in [0.2, 0.25) is 0 Å². The van der Waals surface area contributed by atoms with Crippen LogP contribution in [0.5, 0.6) is 0 Å². The molecule has 5 nitrogen and oxygen atoms in total. The van der Waals surface area contributed by atoms with Crippen molar-refractivity contribution in [3.05, 3.63) is 71.8 Å². The van der Waals surface area contributed by atoms with Gasteiger partial charge in [-0.15, -0.1) is 11.8 Å². The van der Waals surface area contributed by atoms with E-state index in [1.165, 1.54) is 67.5 Å². The molecule has 1 heterocycles. The monoisotopic (exact) mass is 562 g/mol. The predicted molar refractivity (Wildman–Crippen MR) is 172 cm³/mol. The van der Waals surface area contributed by atoms with Crippen LogP contribution in [0, 0.1) is 0 Å². The van der Waals surface area contributed by atoms with Crippen LogP contribution in [0.25, 0.3) is 11.4 Å². The maximum atomic E-state index is 13.1. The van der Waals surface area contributed by atoms with Crippen LogP contribution in [0.15, 0.2) is 60.7 Å². The maximum Gasteiger partial charge on any atom is 0.317 e. The van der Waals surface area contributed by atoms with Crippen molar-refractivity contribution in [3.8, 4) is 0 Å². The number of carbonyl (C=O) groups is 1. The lowest BCUT2D eigenvalue weighted by Crippen LogP contribution is -2.46. The van der Waals surface area contributed by atoms with Crippen molar-refractivity contribution in [1.29, 1.82) is 0 Å². The molecule has 40 heavy (non-hydrogen) atoms. The third-order valence-electron chi connectivity index (χ3n) is 8.03. The molecule has 0 bridgehead atoms. The van der Waals surface area contributed by atoms with Crippen LogP contribution in [-0.4, -0.2) is 41.3 Å². The van der Waals surface area contributed by atoms with Gasteiger partial charge in [0.15, 0.2) is 0 Å². The van der Waals surface area contributed by atoms with E-state index in [-0.39, 0.29) is 11.5 Å². The molecule has 0 unspecified atom stereocenters. The average molecular weight is 563 g/mol. The molecule has 1 fully saturated rings. The highest BCUT2D eigenvalue weighted by molar-refractivity contribution is 7.99. The fourth-order valence-electron chi connectivity index (χ4n) is 5.71. The highest BCUT2D eigenvalue weighted by Gasteiger charge is 2.24. The molecule has 0 atom stereocenters. The smallest absolute Gasteiger partial charge is 0.317 e. The normalized spacial score (nSPS) is 16.0. The topological polar surface area (TPSA) is 56.4 Å². The second kappa shape index (κ2) is 17.3.